The van der Waals surface area contributed by atoms with Crippen molar-refractivity contribution in [2.45, 2.75) is 62.3 Å². The van der Waals surface area contributed by atoms with E-state index in [1.807, 2.05) is 18.6 Å². The molecule has 6 aromatic carbocycles. The molecule has 9 aromatic rings. The predicted octanol–water partition coefficient (Wildman–Crippen LogP) is 11.3. The molecule has 3 aromatic heterocycles. The highest BCUT2D eigenvalue weighted by Gasteiger charge is 2.49. The molecule has 326 valence electrons. The SMILES string of the molecule is Cc1cc(C)c(P2c3cc(-c4cccnc4)cc4c3N3c5c2cc(-c2cccnc2)cc5P(c2c(C)cc(C)cc2C)c2cc(-c5cccnc5)cc(c23)P4c2c(C)cc(C)cc2C)c(C)c1. The second-order valence-electron chi connectivity index (χ2n) is 18.9. The number of hydrogen-bond donors (Lipinski definition) is 0. The molecule has 0 fully saturated rings. The lowest BCUT2D eigenvalue weighted by Gasteiger charge is -2.51. The zero-order chi connectivity index (χ0) is 46.0. The van der Waals surface area contributed by atoms with Gasteiger partial charge in [-0.1, -0.05) is 71.3 Å². The van der Waals surface area contributed by atoms with Crippen LogP contribution in [0.2, 0.25) is 0 Å². The van der Waals surface area contributed by atoms with Crippen molar-refractivity contribution in [1.29, 1.82) is 0 Å². The molecule has 6 heterocycles. The van der Waals surface area contributed by atoms with Gasteiger partial charge in [-0.3, -0.25) is 15.0 Å². The largest absolute Gasteiger partial charge is 0.306 e. The van der Waals surface area contributed by atoms with Crippen molar-refractivity contribution in [3.8, 4) is 33.4 Å². The highest BCUT2D eigenvalue weighted by atomic mass is 31.1. The summed E-state index contributed by atoms with van der Waals surface area (Å²) < 4.78 is 0. The Morgan fingerprint density at radius 1 is 0.313 bits per heavy atom. The lowest BCUT2D eigenvalue weighted by atomic mass is 10.0. The minimum absolute atomic E-state index is 1.09. The monoisotopic (exact) mass is 920 g/mol. The molecular weight excluding hydrogens is 870 g/mol. The minimum atomic E-state index is -1.09. The molecule has 0 radical (unpaired) electrons. The van der Waals surface area contributed by atoms with E-state index in [1.54, 1.807) is 0 Å². The predicted molar refractivity (Wildman–Crippen MR) is 290 cm³/mol. The van der Waals surface area contributed by atoms with Gasteiger partial charge in [0.1, 0.15) is 0 Å². The standard InChI is InChI=1S/C60H51N4P3/c1-34-19-37(4)58(38(5)20-34)65-49-25-46(43-13-10-16-61-31-43)27-51-55(49)64-56-50(65)26-47(44-14-11-17-62-32-44)28-52(56)67(60-41(8)23-36(3)24-42(60)9)54-30-48(45-15-12-18-63-33-45)29-53(57(54)64)66(51)59-39(6)21-35(2)22-40(59)7/h10-33H,1-9H3. The highest BCUT2D eigenvalue weighted by Crippen LogP contribution is 2.61. The molecule has 12 rings (SSSR count). The summed E-state index contributed by atoms with van der Waals surface area (Å²) in [5.74, 6) is 0. The minimum Gasteiger partial charge on any atom is -0.306 e. The first kappa shape index (κ1) is 42.2. The number of nitrogens with zero attached hydrogens (tertiary/aromatic N) is 4. The first-order valence-corrected chi connectivity index (χ1v) is 27.2. The van der Waals surface area contributed by atoms with Gasteiger partial charge in [0.2, 0.25) is 0 Å². The first-order valence-electron chi connectivity index (χ1n) is 23.1. The van der Waals surface area contributed by atoms with Crippen LogP contribution in [0, 0.1) is 62.3 Å². The Labute approximate surface area is 398 Å². The van der Waals surface area contributed by atoms with Crippen LogP contribution in [0.3, 0.4) is 0 Å². The third kappa shape index (κ3) is 6.63. The maximum absolute atomic E-state index is 4.72. The van der Waals surface area contributed by atoms with E-state index in [2.05, 4.69) is 195 Å². The first-order chi connectivity index (χ1) is 32.4. The van der Waals surface area contributed by atoms with Crippen LogP contribution < -0.4 is 52.6 Å². The fourth-order valence-electron chi connectivity index (χ4n) is 11.6. The van der Waals surface area contributed by atoms with Crippen LogP contribution in [0.1, 0.15) is 50.1 Å². The Morgan fingerprint density at radius 2 is 0.552 bits per heavy atom. The zero-order valence-corrected chi connectivity index (χ0v) is 42.2. The van der Waals surface area contributed by atoms with E-state index >= 15 is 0 Å². The van der Waals surface area contributed by atoms with Gasteiger partial charge in [-0.25, -0.2) is 0 Å². The average molecular weight is 921 g/mol. The summed E-state index contributed by atoms with van der Waals surface area (Å²) in [5.41, 5.74) is 23.2. The van der Waals surface area contributed by atoms with Gasteiger partial charge in [-0.05, 0) is 207 Å². The molecule has 0 unspecified atom stereocenters. The number of aryl methyl sites for hydroxylation is 9. The van der Waals surface area contributed by atoms with Crippen LogP contribution in [0.5, 0.6) is 0 Å². The van der Waals surface area contributed by atoms with Gasteiger partial charge < -0.3 is 4.90 Å². The summed E-state index contributed by atoms with van der Waals surface area (Å²) in [5, 5.41) is 12.9. The molecular formula is C60H51N4P3. The Hall–Kier alpha value is -6.14. The maximum Gasteiger partial charge on any atom is 0.0630 e. The molecule has 67 heavy (non-hydrogen) atoms. The zero-order valence-electron chi connectivity index (χ0n) is 39.5. The van der Waals surface area contributed by atoms with Gasteiger partial charge in [0.05, 0.1) is 17.1 Å². The highest BCUT2D eigenvalue weighted by molar-refractivity contribution is 7.84. The summed E-state index contributed by atoms with van der Waals surface area (Å²) >= 11 is 0. The summed E-state index contributed by atoms with van der Waals surface area (Å²) in [6.07, 6.45) is 11.8. The second-order valence-corrected chi connectivity index (χ2v) is 25.1. The Kier molecular flexibility index (Phi) is 10.1. The molecule has 0 saturated carbocycles. The van der Waals surface area contributed by atoms with E-state index in [0.717, 1.165) is 16.7 Å². The third-order valence-corrected chi connectivity index (χ3v) is 22.3. The van der Waals surface area contributed by atoms with E-state index in [1.165, 1.54) is 132 Å². The Balaban J connectivity index is 1.33. The molecule has 0 saturated heterocycles. The number of rotatable bonds is 6. The fraction of sp³-hybridized carbons (Fsp3) is 0.150. The van der Waals surface area contributed by atoms with Crippen molar-refractivity contribution in [3.63, 3.8) is 0 Å². The van der Waals surface area contributed by atoms with Crippen molar-refractivity contribution in [2.75, 3.05) is 4.90 Å². The smallest absolute Gasteiger partial charge is 0.0630 e. The summed E-state index contributed by atoms with van der Waals surface area (Å²) in [6, 6.07) is 42.8. The third-order valence-electron chi connectivity index (χ3n) is 13.9. The fourth-order valence-corrected chi connectivity index (χ4v) is 20.8. The van der Waals surface area contributed by atoms with Gasteiger partial charge >= 0.3 is 0 Å². The van der Waals surface area contributed by atoms with Crippen LogP contribution in [-0.4, -0.2) is 15.0 Å². The Morgan fingerprint density at radius 3 is 0.761 bits per heavy atom. The summed E-state index contributed by atoms with van der Waals surface area (Å²) in [7, 11) is -3.26. The lowest BCUT2D eigenvalue weighted by Crippen LogP contribution is -2.51. The van der Waals surface area contributed by atoms with Gasteiger partial charge in [-0.2, -0.15) is 0 Å². The van der Waals surface area contributed by atoms with Crippen molar-refractivity contribution in [1.82, 2.24) is 15.0 Å². The molecule has 0 amide bonds. The van der Waals surface area contributed by atoms with Crippen molar-refractivity contribution >= 4 is 88.6 Å². The number of anilines is 3. The number of aromatic nitrogens is 3. The van der Waals surface area contributed by atoms with Gasteiger partial charge in [-0.15, -0.1) is 0 Å². The molecule has 3 aliphatic rings. The molecule has 0 N–H and O–H groups in total. The van der Waals surface area contributed by atoms with Gasteiger partial charge in [0.25, 0.3) is 0 Å². The number of pyridine rings is 3. The maximum atomic E-state index is 4.72. The van der Waals surface area contributed by atoms with E-state index in [4.69, 9.17) is 15.0 Å². The topological polar surface area (TPSA) is 41.9 Å². The quantitative estimate of drug-likeness (QED) is 0.156. The molecule has 4 nitrogen and oxygen atoms in total. The van der Waals surface area contributed by atoms with Crippen molar-refractivity contribution in [2.24, 2.45) is 0 Å². The van der Waals surface area contributed by atoms with E-state index in [-0.39, 0.29) is 0 Å². The van der Waals surface area contributed by atoms with E-state index in [9.17, 15) is 0 Å². The molecule has 0 bridgehead atoms. The summed E-state index contributed by atoms with van der Waals surface area (Å²) in [6.45, 7) is 20.8. The lowest BCUT2D eigenvalue weighted by molar-refractivity contribution is 1.31. The average Bonchev–Trinajstić information content (AvgIpc) is 3.31. The molecule has 0 atom stereocenters. The van der Waals surface area contributed by atoms with Crippen LogP contribution in [-0.2, 0) is 0 Å². The van der Waals surface area contributed by atoms with E-state index < -0.39 is 23.8 Å². The van der Waals surface area contributed by atoms with E-state index in [0.29, 0.717) is 0 Å². The van der Waals surface area contributed by atoms with Crippen LogP contribution >= 0.6 is 23.8 Å². The molecule has 7 heteroatoms. The molecule has 0 aliphatic carbocycles. The van der Waals surface area contributed by atoms with Gasteiger partial charge in [0.15, 0.2) is 0 Å². The molecule has 0 spiro atoms. The summed E-state index contributed by atoms with van der Waals surface area (Å²) in [4.78, 5) is 16.9. The van der Waals surface area contributed by atoms with Crippen LogP contribution in [0.4, 0.5) is 17.1 Å². The Bertz CT molecular complexity index is 3020. The van der Waals surface area contributed by atoms with Crippen molar-refractivity contribution < 1.29 is 0 Å². The van der Waals surface area contributed by atoms with Crippen LogP contribution in [0.15, 0.2) is 146 Å². The normalized spacial score (nSPS) is 16.3. The van der Waals surface area contributed by atoms with Crippen LogP contribution in [0.25, 0.3) is 33.4 Å². The second kappa shape index (κ2) is 16.0. The number of benzene rings is 6. The number of hydrogen-bond acceptors (Lipinski definition) is 4. The van der Waals surface area contributed by atoms with Gasteiger partial charge in [0, 0.05) is 85.7 Å². The molecule has 3 aliphatic heterocycles. The van der Waals surface area contributed by atoms with Crippen molar-refractivity contribution in [3.05, 3.63) is 196 Å².